The number of hydrogen-bond acceptors (Lipinski definition) is 9. The van der Waals surface area contributed by atoms with E-state index in [1.807, 2.05) is 28.8 Å². The van der Waals surface area contributed by atoms with Gasteiger partial charge in [-0.25, -0.2) is 14.1 Å². The molecule has 1 amide bonds. The Kier molecular flexibility index (Phi) is 11.6. The summed E-state index contributed by atoms with van der Waals surface area (Å²) >= 11 is 0. The molecule has 5 aromatic rings. The Morgan fingerprint density at radius 2 is 1.81 bits per heavy atom. The van der Waals surface area contributed by atoms with E-state index < -0.39 is 12.8 Å². The van der Waals surface area contributed by atoms with Gasteiger partial charge in [0, 0.05) is 45.7 Å². The zero-order valence-corrected chi connectivity index (χ0v) is 29.0. The number of amides is 1. The number of ether oxygens (including phenoxy) is 2. The van der Waals surface area contributed by atoms with Crippen LogP contribution >= 0.6 is 0 Å². The van der Waals surface area contributed by atoms with E-state index in [1.54, 1.807) is 42.3 Å². The summed E-state index contributed by atoms with van der Waals surface area (Å²) in [5.41, 5.74) is 3.51. The van der Waals surface area contributed by atoms with Crippen LogP contribution in [-0.4, -0.2) is 118 Å². The third-order valence-corrected chi connectivity index (χ3v) is 9.23. The Hall–Kier alpha value is -5.09. The molecule has 276 valence electrons. The zero-order valence-electron chi connectivity index (χ0n) is 29.0. The molecule has 3 aromatic carbocycles. The van der Waals surface area contributed by atoms with Crippen molar-refractivity contribution in [2.45, 2.75) is 31.5 Å². The highest BCUT2D eigenvalue weighted by Crippen LogP contribution is 2.28. The lowest BCUT2D eigenvalue weighted by atomic mass is 9.94. The number of carbonyl (C=O) groups is 1. The molecule has 1 aliphatic heterocycles. The maximum atomic E-state index is 14.0. The summed E-state index contributed by atoms with van der Waals surface area (Å²) in [7, 11) is 3.25. The smallest absolute Gasteiger partial charge is 0.411 e. The number of rotatable bonds is 14. The van der Waals surface area contributed by atoms with Crippen LogP contribution in [0.3, 0.4) is 0 Å². The van der Waals surface area contributed by atoms with Crippen LogP contribution in [0.15, 0.2) is 73.1 Å². The van der Waals surface area contributed by atoms with Crippen LogP contribution in [0, 0.1) is 5.82 Å². The fourth-order valence-corrected chi connectivity index (χ4v) is 6.60. The van der Waals surface area contributed by atoms with Crippen LogP contribution in [0.25, 0.3) is 16.7 Å². The molecule has 1 atom stereocenters. The van der Waals surface area contributed by atoms with Gasteiger partial charge in [0.1, 0.15) is 24.5 Å². The normalized spacial score (nSPS) is 14.8. The third-order valence-electron chi connectivity index (χ3n) is 9.23. The van der Waals surface area contributed by atoms with Crippen molar-refractivity contribution in [1.29, 1.82) is 0 Å². The zero-order chi connectivity index (χ0) is 36.7. The highest BCUT2D eigenvalue weighted by Gasteiger charge is 2.28. The van der Waals surface area contributed by atoms with E-state index in [-0.39, 0.29) is 30.8 Å². The summed E-state index contributed by atoms with van der Waals surface area (Å²) < 4.78 is 65.9. The SMILES string of the molecule is COc1ccc(-n2cnnn2)cc1C(=O)N(C)CC(CCN1CCCN(c2nc3ccccc3n2CCOCC(F)(F)F)CC1)c1ccc(F)cc1. The Morgan fingerprint density at radius 3 is 2.56 bits per heavy atom. The minimum absolute atomic E-state index is 0.0912. The molecule has 0 spiro atoms. The predicted molar refractivity (Wildman–Crippen MR) is 186 cm³/mol. The highest BCUT2D eigenvalue weighted by molar-refractivity contribution is 5.97. The summed E-state index contributed by atoms with van der Waals surface area (Å²) in [4.78, 5) is 24.9. The van der Waals surface area contributed by atoms with Gasteiger partial charge in [0.05, 0.1) is 36.0 Å². The van der Waals surface area contributed by atoms with Gasteiger partial charge in [-0.15, -0.1) is 5.10 Å². The second kappa shape index (κ2) is 16.5. The van der Waals surface area contributed by atoms with Gasteiger partial charge in [-0.05, 0) is 84.4 Å². The second-order valence-corrected chi connectivity index (χ2v) is 12.8. The molecular formula is C36H41F4N9O3. The maximum absolute atomic E-state index is 14.0. The summed E-state index contributed by atoms with van der Waals surface area (Å²) in [5, 5.41) is 11.3. The van der Waals surface area contributed by atoms with Crippen LogP contribution in [0.1, 0.15) is 34.7 Å². The maximum Gasteiger partial charge on any atom is 0.411 e. The molecule has 1 saturated heterocycles. The van der Waals surface area contributed by atoms with Crippen LogP contribution in [0.2, 0.25) is 0 Å². The van der Waals surface area contributed by atoms with Crippen molar-refractivity contribution in [3.63, 3.8) is 0 Å². The molecule has 0 bridgehead atoms. The van der Waals surface area contributed by atoms with Crippen LogP contribution in [-0.2, 0) is 11.3 Å². The molecule has 1 aliphatic rings. The second-order valence-electron chi connectivity index (χ2n) is 12.8. The molecule has 16 heteroatoms. The average Bonchev–Trinajstić information content (AvgIpc) is 3.74. The number of hydrogen-bond donors (Lipinski definition) is 0. The van der Waals surface area contributed by atoms with E-state index in [0.717, 1.165) is 49.2 Å². The van der Waals surface area contributed by atoms with E-state index in [4.69, 9.17) is 14.5 Å². The number of imidazole rings is 1. The van der Waals surface area contributed by atoms with Crippen molar-refractivity contribution in [2.24, 2.45) is 0 Å². The van der Waals surface area contributed by atoms with E-state index >= 15 is 0 Å². The molecule has 12 nitrogen and oxygen atoms in total. The van der Waals surface area contributed by atoms with E-state index in [0.29, 0.717) is 42.5 Å². The first-order chi connectivity index (χ1) is 25.1. The molecule has 6 rings (SSSR count). The lowest BCUT2D eigenvalue weighted by Gasteiger charge is -2.28. The highest BCUT2D eigenvalue weighted by atomic mass is 19.4. The summed E-state index contributed by atoms with van der Waals surface area (Å²) in [6.45, 7) is 2.94. The average molecular weight is 724 g/mol. The number of anilines is 1. The fourth-order valence-electron chi connectivity index (χ4n) is 6.60. The Balaban J connectivity index is 1.13. The van der Waals surface area contributed by atoms with Crippen LogP contribution in [0.4, 0.5) is 23.5 Å². The number of likely N-dealkylation sites (N-methyl/N-ethyl adjacent to an activating group) is 1. The van der Waals surface area contributed by atoms with E-state index in [1.165, 1.54) is 30.3 Å². The van der Waals surface area contributed by atoms with E-state index in [9.17, 15) is 22.4 Å². The van der Waals surface area contributed by atoms with Gasteiger partial charge < -0.3 is 28.7 Å². The number of tetrazole rings is 1. The number of alkyl halides is 3. The van der Waals surface area contributed by atoms with Gasteiger partial charge in [-0.3, -0.25) is 4.79 Å². The van der Waals surface area contributed by atoms with Gasteiger partial charge in [0.25, 0.3) is 5.91 Å². The van der Waals surface area contributed by atoms with Crippen molar-refractivity contribution in [3.8, 4) is 11.4 Å². The molecule has 1 fully saturated rings. The largest absolute Gasteiger partial charge is 0.496 e. The van der Waals surface area contributed by atoms with Crippen molar-refractivity contribution in [1.82, 2.24) is 39.6 Å². The number of benzene rings is 3. The van der Waals surface area contributed by atoms with Crippen LogP contribution in [0.5, 0.6) is 5.75 Å². The molecule has 2 aromatic heterocycles. The van der Waals surface area contributed by atoms with Gasteiger partial charge >= 0.3 is 6.18 Å². The lowest BCUT2D eigenvalue weighted by molar-refractivity contribution is -0.174. The summed E-state index contributed by atoms with van der Waals surface area (Å²) in [6, 6.07) is 19.2. The minimum Gasteiger partial charge on any atom is -0.496 e. The Labute approximate surface area is 298 Å². The third kappa shape index (κ3) is 9.03. The lowest BCUT2D eigenvalue weighted by Crippen LogP contribution is -2.35. The Morgan fingerprint density at radius 1 is 1.00 bits per heavy atom. The number of nitrogens with zero attached hydrogens (tertiary/aromatic N) is 9. The number of methoxy groups -OCH3 is 1. The minimum atomic E-state index is -4.38. The predicted octanol–water partition coefficient (Wildman–Crippen LogP) is 5.20. The van der Waals surface area contributed by atoms with Crippen molar-refractivity contribution >= 4 is 22.9 Å². The topological polar surface area (TPSA) is 107 Å². The molecule has 1 unspecified atom stereocenters. The molecule has 3 heterocycles. The monoisotopic (exact) mass is 723 g/mol. The fraction of sp³-hybridized carbons (Fsp3) is 0.417. The van der Waals surface area contributed by atoms with Gasteiger partial charge in [0.15, 0.2) is 0 Å². The van der Waals surface area contributed by atoms with Crippen molar-refractivity contribution in [2.75, 3.05) is 71.5 Å². The first-order valence-corrected chi connectivity index (χ1v) is 17.1. The van der Waals surface area contributed by atoms with Crippen LogP contribution < -0.4 is 9.64 Å². The van der Waals surface area contributed by atoms with Gasteiger partial charge in [-0.2, -0.15) is 13.2 Å². The molecular weight excluding hydrogens is 682 g/mol. The van der Waals surface area contributed by atoms with E-state index in [2.05, 4.69) is 25.3 Å². The summed E-state index contributed by atoms with van der Waals surface area (Å²) in [6.07, 6.45) is -1.38. The molecule has 52 heavy (non-hydrogen) atoms. The molecule has 0 aliphatic carbocycles. The van der Waals surface area contributed by atoms with Crippen molar-refractivity contribution < 1.29 is 31.8 Å². The summed E-state index contributed by atoms with van der Waals surface area (Å²) in [5.74, 6) is 0.465. The molecule has 0 saturated carbocycles. The number of fused-ring (bicyclic) bond motifs is 1. The number of halogens is 4. The molecule has 0 N–H and O–H groups in total. The van der Waals surface area contributed by atoms with Gasteiger partial charge in [0.2, 0.25) is 5.95 Å². The number of para-hydroxylation sites is 2. The number of aromatic nitrogens is 6. The molecule has 0 radical (unpaired) electrons. The quantitative estimate of drug-likeness (QED) is 0.113. The standard InChI is InChI=1S/C36H41F4N9O3/c1-45(34(50)30-22-29(12-13-33(30)51-2)49-25-41-43-44-49)23-27(26-8-10-28(37)11-9-26)14-17-46-15-5-16-47(19-18-46)35-42-31-6-3-4-7-32(31)48(35)20-21-52-24-36(38,39)40/h3-4,6-13,22,25,27H,5,14-21,23-24H2,1-2H3. The van der Waals surface area contributed by atoms with Gasteiger partial charge in [-0.1, -0.05) is 24.3 Å². The Bertz CT molecular complexity index is 1920. The first-order valence-electron chi connectivity index (χ1n) is 17.1. The number of carbonyl (C=O) groups excluding carboxylic acids is 1. The van der Waals surface area contributed by atoms with Crippen molar-refractivity contribution in [3.05, 3.63) is 90.0 Å². The first kappa shape index (κ1) is 36.7.